The van der Waals surface area contributed by atoms with Gasteiger partial charge in [-0.2, -0.15) is 0 Å². The average Bonchev–Trinajstić information content (AvgIpc) is 3.42. The Labute approximate surface area is 157 Å². The number of fused-ring (bicyclic) bond motifs is 1. The second-order valence-electron chi connectivity index (χ2n) is 8.32. The first-order chi connectivity index (χ1) is 12.7. The average molecular weight is 376 g/mol. The van der Waals surface area contributed by atoms with Crippen LogP contribution >= 0.6 is 0 Å². The van der Waals surface area contributed by atoms with E-state index in [9.17, 15) is 9.59 Å². The minimum absolute atomic E-state index is 0.00260. The van der Waals surface area contributed by atoms with E-state index in [4.69, 9.17) is 10.5 Å². The summed E-state index contributed by atoms with van der Waals surface area (Å²) in [4.78, 5) is 31.6. The maximum Gasteiger partial charge on any atom is 0.251 e. The second-order valence-corrected chi connectivity index (χ2v) is 8.32. The highest BCUT2D eigenvalue weighted by Gasteiger charge is 2.62. The number of guanidine groups is 1. The first-order valence-electron chi connectivity index (χ1n) is 9.33. The molecule has 2 N–H and O–H groups in total. The van der Waals surface area contributed by atoms with Crippen LogP contribution in [0, 0.1) is 17.2 Å². The van der Waals surface area contributed by atoms with E-state index in [0.717, 1.165) is 12.8 Å². The van der Waals surface area contributed by atoms with E-state index in [1.165, 1.54) is 21.7 Å². The SMILES string of the molecule is C[C@H]1CC2(C)C(=O)N(C)C(N)=N[C@@]2(c2cc(=O)n(CC3CC3)cc2F)CO1. The minimum Gasteiger partial charge on any atom is -0.376 e. The summed E-state index contributed by atoms with van der Waals surface area (Å²) in [6.45, 7) is 4.14. The molecule has 27 heavy (non-hydrogen) atoms. The van der Waals surface area contributed by atoms with Gasteiger partial charge in [-0.1, -0.05) is 0 Å². The topological polar surface area (TPSA) is 89.9 Å². The zero-order valence-electron chi connectivity index (χ0n) is 15.9. The molecular weight excluding hydrogens is 351 g/mol. The summed E-state index contributed by atoms with van der Waals surface area (Å²) in [6.07, 6.45) is 3.53. The van der Waals surface area contributed by atoms with Gasteiger partial charge in [0.2, 0.25) is 5.91 Å². The van der Waals surface area contributed by atoms with Gasteiger partial charge in [-0.25, -0.2) is 9.38 Å². The first kappa shape index (κ1) is 18.2. The minimum atomic E-state index is -1.35. The van der Waals surface area contributed by atoms with Crippen LogP contribution in [0.1, 0.15) is 38.7 Å². The number of hydrogen-bond donors (Lipinski definition) is 1. The van der Waals surface area contributed by atoms with Crippen LogP contribution in [0.5, 0.6) is 0 Å². The summed E-state index contributed by atoms with van der Waals surface area (Å²) < 4.78 is 22.4. The van der Waals surface area contributed by atoms with Crippen molar-refractivity contribution in [3.05, 3.63) is 34.0 Å². The van der Waals surface area contributed by atoms with E-state index >= 15 is 4.39 Å². The third-order valence-corrected chi connectivity index (χ3v) is 6.29. The molecule has 2 fully saturated rings. The molecule has 1 unspecified atom stereocenters. The number of nitrogens with zero attached hydrogens (tertiary/aromatic N) is 3. The molecule has 1 aromatic rings. The molecule has 7 nitrogen and oxygen atoms in total. The highest BCUT2D eigenvalue weighted by Crippen LogP contribution is 2.53. The van der Waals surface area contributed by atoms with Crippen molar-refractivity contribution < 1.29 is 13.9 Å². The Morgan fingerprint density at radius 3 is 2.78 bits per heavy atom. The number of halogens is 1. The molecule has 4 rings (SSSR count). The van der Waals surface area contributed by atoms with Crippen LogP contribution in [0.25, 0.3) is 0 Å². The van der Waals surface area contributed by atoms with Crippen LogP contribution in [0.15, 0.2) is 22.1 Å². The smallest absolute Gasteiger partial charge is 0.251 e. The molecule has 8 heteroatoms. The number of hydrogen-bond acceptors (Lipinski definition) is 5. The van der Waals surface area contributed by atoms with Gasteiger partial charge in [0.1, 0.15) is 11.4 Å². The molecule has 3 aliphatic rings. The molecule has 1 amide bonds. The van der Waals surface area contributed by atoms with Gasteiger partial charge in [0.15, 0.2) is 5.96 Å². The van der Waals surface area contributed by atoms with Gasteiger partial charge in [0, 0.05) is 31.4 Å². The Morgan fingerprint density at radius 2 is 2.11 bits per heavy atom. The van der Waals surface area contributed by atoms with Crippen molar-refractivity contribution in [3.63, 3.8) is 0 Å². The summed E-state index contributed by atoms with van der Waals surface area (Å²) in [5, 5.41) is 0. The fraction of sp³-hybridized carbons (Fsp3) is 0.632. The largest absolute Gasteiger partial charge is 0.376 e. The van der Waals surface area contributed by atoms with E-state index in [0.29, 0.717) is 18.9 Å². The van der Waals surface area contributed by atoms with Gasteiger partial charge >= 0.3 is 0 Å². The first-order valence-corrected chi connectivity index (χ1v) is 9.33. The van der Waals surface area contributed by atoms with Gasteiger partial charge < -0.3 is 15.0 Å². The number of carbonyl (C=O) groups is 1. The summed E-state index contributed by atoms with van der Waals surface area (Å²) in [6, 6.07) is 1.27. The summed E-state index contributed by atoms with van der Waals surface area (Å²) in [5.74, 6) is -0.369. The standard InChI is InChI=1S/C19H25FN4O3/c1-11-7-18(2)16(26)23(3)17(21)22-19(18,10-27-11)13-6-15(25)24(9-14(13)20)8-12-4-5-12/h6,9,11-12H,4-5,7-8,10H2,1-3H3,(H2,21,22)/t11-,18?,19+/m0/s1. The summed E-state index contributed by atoms with van der Waals surface area (Å²) >= 11 is 0. The normalized spacial score (nSPS) is 33.6. The van der Waals surface area contributed by atoms with E-state index in [2.05, 4.69) is 4.99 Å². The predicted octanol–water partition coefficient (Wildman–Crippen LogP) is 1.19. The Kier molecular flexibility index (Phi) is 3.96. The van der Waals surface area contributed by atoms with Crippen LogP contribution in [-0.2, 0) is 21.6 Å². The van der Waals surface area contributed by atoms with Gasteiger partial charge in [-0.05, 0) is 39.0 Å². The number of rotatable bonds is 3. The second kappa shape index (κ2) is 5.89. The van der Waals surface area contributed by atoms with Crippen LogP contribution in [-0.4, -0.2) is 41.1 Å². The molecule has 1 aliphatic carbocycles. The van der Waals surface area contributed by atoms with E-state index in [-0.39, 0.29) is 35.7 Å². The van der Waals surface area contributed by atoms with Gasteiger partial charge in [-0.3, -0.25) is 14.5 Å². The van der Waals surface area contributed by atoms with Crippen molar-refractivity contribution in [1.82, 2.24) is 9.47 Å². The maximum absolute atomic E-state index is 15.2. The monoisotopic (exact) mass is 376 g/mol. The number of carbonyl (C=O) groups excluding carboxylic acids is 1. The van der Waals surface area contributed by atoms with Gasteiger partial charge in [0.25, 0.3) is 5.56 Å². The van der Waals surface area contributed by atoms with E-state index in [1.807, 2.05) is 6.92 Å². The van der Waals surface area contributed by atoms with Crippen LogP contribution in [0.3, 0.4) is 0 Å². The third-order valence-electron chi connectivity index (χ3n) is 6.29. The molecule has 1 saturated carbocycles. The fourth-order valence-electron chi connectivity index (χ4n) is 4.41. The lowest BCUT2D eigenvalue weighted by Crippen LogP contribution is -2.65. The number of nitrogens with two attached hydrogens (primary N) is 1. The lowest BCUT2D eigenvalue weighted by atomic mass is 9.62. The number of amides is 1. The molecule has 3 atom stereocenters. The fourth-order valence-corrected chi connectivity index (χ4v) is 4.41. The Bertz CT molecular complexity index is 893. The number of aliphatic imine (C=N–C) groups is 1. The van der Waals surface area contributed by atoms with E-state index < -0.39 is 16.8 Å². The quantitative estimate of drug-likeness (QED) is 0.858. The molecule has 0 aromatic carbocycles. The van der Waals surface area contributed by atoms with Crippen LogP contribution < -0.4 is 11.3 Å². The molecule has 0 bridgehead atoms. The highest BCUT2D eigenvalue weighted by molar-refractivity contribution is 6.02. The molecular formula is C19H25FN4O3. The van der Waals surface area contributed by atoms with Crippen molar-refractivity contribution in [1.29, 1.82) is 0 Å². The number of ether oxygens (including phenoxy) is 1. The van der Waals surface area contributed by atoms with Crippen molar-refractivity contribution >= 4 is 11.9 Å². The molecule has 3 heterocycles. The Balaban J connectivity index is 1.90. The molecule has 1 saturated heterocycles. The van der Waals surface area contributed by atoms with Crippen molar-refractivity contribution in [3.8, 4) is 0 Å². The van der Waals surface area contributed by atoms with Crippen molar-refractivity contribution in [2.24, 2.45) is 22.1 Å². The summed E-state index contributed by atoms with van der Waals surface area (Å²) in [7, 11) is 1.56. The number of aromatic nitrogens is 1. The zero-order chi connectivity index (χ0) is 19.6. The molecule has 1 aromatic heterocycles. The van der Waals surface area contributed by atoms with E-state index in [1.54, 1.807) is 14.0 Å². The number of pyridine rings is 1. The van der Waals surface area contributed by atoms with Gasteiger partial charge in [0.05, 0.1) is 18.1 Å². The lowest BCUT2D eigenvalue weighted by molar-refractivity contribution is -0.160. The van der Waals surface area contributed by atoms with Gasteiger partial charge in [-0.15, -0.1) is 0 Å². The molecule has 146 valence electrons. The summed E-state index contributed by atoms with van der Waals surface area (Å²) in [5.41, 5.74) is 3.35. The molecule has 0 spiro atoms. The van der Waals surface area contributed by atoms with Crippen molar-refractivity contribution in [2.45, 2.75) is 51.3 Å². The van der Waals surface area contributed by atoms with Crippen LogP contribution in [0.4, 0.5) is 4.39 Å². The van der Waals surface area contributed by atoms with Crippen molar-refractivity contribution in [2.75, 3.05) is 13.7 Å². The predicted molar refractivity (Wildman–Crippen MR) is 97.6 cm³/mol. The molecule has 0 radical (unpaired) electrons. The Morgan fingerprint density at radius 1 is 1.41 bits per heavy atom. The third kappa shape index (κ3) is 2.61. The lowest BCUT2D eigenvalue weighted by Gasteiger charge is -2.53. The maximum atomic E-state index is 15.2. The highest BCUT2D eigenvalue weighted by atomic mass is 19.1. The van der Waals surface area contributed by atoms with Crippen LogP contribution in [0.2, 0.25) is 0 Å². The molecule has 2 aliphatic heterocycles. The Hall–Kier alpha value is -2.22. The zero-order valence-corrected chi connectivity index (χ0v) is 15.9.